The van der Waals surface area contributed by atoms with Gasteiger partial charge in [0.15, 0.2) is 0 Å². The van der Waals surface area contributed by atoms with Crippen LogP contribution in [0.3, 0.4) is 0 Å². The topological polar surface area (TPSA) is 90.6 Å². The first-order valence-electron chi connectivity index (χ1n) is 9.34. The van der Waals surface area contributed by atoms with Crippen molar-refractivity contribution >= 4 is 22.5 Å². The first-order chi connectivity index (χ1) is 14.0. The van der Waals surface area contributed by atoms with Gasteiger partial charge < -0.3 is 20.1 Å². The molecule has 1 fully saturated rings. The number of amides is 1. The molecule has 8 heteroatoms. The fourth-order valence-electron chi connectivity index (χ4n) is 3.93. The number of nitrogen functional groups attached to an aromatic ring is 1. The van der Waals surface area contributed by atoms with E-state index >= 15 is 4.39 Å². The number of pyridine rings is 2. The van der Waals surface area contributed by atoms with Gasteiger partial charge in [0.05, 0.1) is 43.2 Å². The van der Waals surface area contributed by atoms with Gasteiger partial charge in [-0.05, 0) is 31.0 Å². The van der Waals surface area contributed by atoms with Crippen molar-refractivity contribution in [3.8, 4) is 22.9 Å². The van der Waals surface area contributed by atoms with E-state index in [2.05, 4.69) is 9.97 Å². The number of hydrogen-bond donors (Lipinski definition) is 1. The van der Waals surface area contributed by atoms with Gasteiger partial charge in [0.1, 0.15) is 5.82 Å². The van der Waals surface area contributed by atoms with Gasteiger partial charge >= 0.3 is 0 Å². The van der Waals surface area contributed by atoms with Crippen molar-refractivity contribution in [3.05, 3.63) is 41.3 Å². The van der Waals surface area contributed by atoms with E-state index in [9.17, 15) is 4.79 Å². The number of carbonyl (C=O) groups excluding carboxylic acids is 1. The summed E-state index contributed by atoms with van der Waals surface area (Å²) in [5.41, 5.74) is 8.79. The summed E-state index contributed by atoms with van der Waals surface area (Å²) in [6, 6.07) is 6.44. The first-order valence-corrected chi connectivity index (χ1v) is 9.34. The van der Waals surface area contributed by atoms with E-state index in [4.69, 9.17) is 15.2 Å². The minimum absolute atomic E-state index is 0.0935. The molecule has 0 unspecified atom stereocenters. The molecule has 3 aromatic rings. The Morgan fingerprint density at radius 2 is 1.90 bits per heavy atom. The van der Waals surface area contributed by atoms with Crippen LogP contribution in [0.5, 0.6) is 11.8 Å². The largest absolute Gasteiger partial charge is 0.481 e. The number of aromatic nitrogens is 2. The normalized spacial score (nSPS) is 15.7. The lowest BCUT2D eigenvalue weighted by atomic mass is 9.99. The highest BCUT2D eigenvalue weighted by atomic mass is 19.1. The first kappa shape index (κ1) is 17.7. The third-order valence-corrected chi connectivity index (χ3v) is 5.51. The van der Waals surface area contributed by atoms with Crippen LogP contribution in [0.15, 0.2) is 24.3 Å². The van der Waals surface area contributed by atoms with Crippen molar-refractivity contribution < 1.29 is 18.7 Å². The molecular formula is C21H19FN4O3. The van der Waals surface area contributed by atoms with Crippen LogP contribution in [0.1, 0.15) is 28.9 Å². The maximum atomic E-state index is 15.0. The van der Waals surface area contributed by atoms with Crippen LogP contribution in [0.4, 0.5) is 10.1 Å². The molecule has 3 heterocycles. The molecule has 148 valence electrons. The second-order valence-corrected chi connectivity index (χ2v) is 7.24. The number of nitrogens with two attached hydrogens (primary N) is 1. The van der Waals surface area contributed by atoms with Crippen LogP contribution >= 0.6 is 0 Å². The maximum Gasteiger partial charge on any atom is 0.258 e. The second kappa shape index (κ2) is 6.30. The predicted octanol–water partition coefficient (Wildman–Crippen LogP) is 3.15. The molecule has 0 radical (unpaired) electrons. The van der Waals surface area contributed by atoms with Crippen molar-refractivity contribution in [3.63, 3.8) is 0 Å². The number of hydrogen-bond acceptors (Lipinski definition) is 6. The zero-order chi connectivity index (χ0) is 20.3. The predicted molar refractivity (Wildman–Crippen MR) is 105 cm³/mol. The number of nitrogens with zero attached hydrogens (tertiary/aromatic N) is 3. The minimum atomic E-state index is -0.474. The van der Waals surface area contributed by atoms with Crippen molar-refractivity contribution in [1.29, 1.82) is 0 Å². The summed E-state index contributed by atoms with van der Waals surface area (Å²) in [5.74, 6) is -0.000422. The molecule has 5 rings (SSSR count). The summed E-state index contributed by atoms with van der Waals surface area (Å²) >= 11 is 0. The Hall–Kier alpha value is -3.42. The average Bonchev–Trinajstić information content (AvgIpc) is 3.51. The number of carbonyl (C=O) groups is 1. The zero-order valence-corrected chi connectivity index (χ0v) is 16.0. The molecule has 1 saturated carbocycles. The van der Waals surface area contributed by atoms with E-state index in [0.29, 0.717) is 45.8 Å². The summed E-state index contributed by atoms with van der Waals surface area (Å²) in [4.78, 5) is 23.6. The van der Waals surface area contributed by atoms with Gasteiger partial charge in [-0.1, -0.05) is 0 Å². The van der Waals surface area contributed by atoms with Crippen LogP contribution in [-0.4, -0.2) is 41.0 Å². The van der Waals surface area contributed by atoms with E-state index in [1.165, 1.54) is 20.3 Å². The Morgan fingerprint density at radius 1 is 1.10 bits per heavy atom. The Kier molecular flexibility index (Phi) is 3.84. The van der Waals surface area contributed by atoms with Gasteiger partial charge in [0.2, 0.25) is 11.8 Å². The zero-order valence-electron chi connectivity index (χ0n) is 16.0. The van der Waals surface area contributed by atoms with Gasteiger partial charge in [0.25, 0.3) is 5.91 Å². The monoisotopic (exact) mass is 394 g/mol. The molecule has 1 aliphatic heterocycles. The quantitative estimate of drug-likeness (QED) is 0.731. The van der Waals surface area contributed by atoms with E-state index in [0.717, 1.165) is 12.8 Å². The molecular weight excluding hydrogens is 375 g/mol. The van der Waals surface area contributed by atoms with E-state index in [-0.39, 0.29) is 23.4 Å². The highest BCUT2D eigenvalue weighted by Crippen LogP contribution is 2.42. The van der Waals surface area contributed by atoms with Gasteiger partial charge in [-0.25, -0.2) is 9.37 Å². The molecule has 1 aliphatic carbocycles. The highest BCUT2D eigenvalue weighted by molar-refractivity contribution is 6.11. The van der Waals surface area contributed by atoms with E-state index in [1.807, 2.05) is 0 Å². The summed E-state index contributed by atoms with van der Waals surface area (Å²) in [6.45, 7) is 0.396. The molecule has 0 saturated heterocycles. The Bertz CT molecular complexity index is 1180. The fourth-order valence-corrected chi connectivity index (χ4v) is 3.93. The lowest BCUT2D eigenvalue weighted by Crippen LogP contribution is -2.26. The molecule has 1 amide bonds. The van der Waals surface area contributed by atoms with Gasteiger partial charge in [-0.3, -0.25) is 4.79 Å². The lowest BCUT2D eigenvalue weighted by molar-refractivity contribution is 0.0767. The third kappa shape index (κ3) is 2.59. The van der Waals surface area contributed by atoms with Gasteiger partial charge in [-0.2, -0.15) is 4.98 Å². The van der Waals surface area contributed by atoms with Gasteiger partial charge in [0, 0.05) is 28.6 Å². The number of anilines is 1. The van der Waals surface area contributed by atoms with Crippen LogP contribution in [0.2, 0.25) is 0 Å². The van der Waals surface area contributed by atoms with E-state index in [1.54, 1.807) is 23.1 Å². The maximum absolute atomic E-state index is 15.0. The number of rotatable bonds is 4. The highest BCUT2D eigenvalue weighted by Gasteiger charge is 2.40. The van der Waals surface area contributed by atoms with Crippen LogP contribution in [0.25, 0.3) is 22.0 Å². The standard InChI is InChI=1S/C21H19FN4O3/c1-28-15-8-6-11(20(25-15)29-2)16-13(22)7-5-12-18(23)17-14(24-19(12)16)9-26(21(17)27)10-3-4-10/h5-8,10H,3-4,9H2,1-2H3,(H2,23,24). The molecule has 0 bridgehead atoms. The average molecular weight is 394 g/mol. The molecule has 2 aliphatic rings. The third-order valence-electron chi connectivity index (χ3n) is 5.51. The summed E-state index contributed by atoms with van der Waals surface area (Å²) < 4.78 is 25.5. The molecule has 29 heavy (non-hydrogen) atoms. The molecule has 1 aromatic carbocycles. The van der Waals surface area contributed by atoms with Crippen molar-refractivity contribution in [2.45, 2.75) is 25.4 Å². The van der Waals surface area contributed by atoms with Crippen LogP contribution < -0.4 is 15.2 Å². The lowest BCUT2D eigenvalue weighted by Gasteiger charge is -2.14. The van der Waals surface area contributed by atoms with Crippen LogP contribution in [-0.2, 0) is 6.54 Å². The number of halogens is 1. The Morgan fingerprint density at radius 3 is 2.59 bits per heavy atom. The number of methoxy groups -OCH3 is 2. The van der Waals surface area contributed by atoms with Crippen molar-refractivity contribution in [2.24, 2.45) is 0 Å². The molecule has 0 spiro atoms. The number of benzene rings is 1. The Labute approximate surface area is 166 Å². The number of fused-ring (bicyclic) bond motifs is 2. The number of ether oxygens (including phenoxy) is 2. The summed E-state index contributed by atoms with van der Waals surface area (Å²) in [5, 5.41) is 0.531. The van der Waals surface area contributed by atoms with Crippen LogP contribution in [0, 0.1) is 5.82 Å². The smallest absolute Gasteiger partial charge is 0.258 e. The van der Waals surface area contributed by atoms with Crippen molar-refractivity contribution in [2.75, 3.05) is 20.0 Å². The fraction of sp³-hybridized carbons (Fsp3) is 0.286. The minimum Gasteiger partial charge on any atom is -0.481 e. The molecule has 2 aromatic heterocycles. The molecule has 2 N–H and O–H groups in total. The van der Waals surface area contributed by atoms with Crippen molar-refractivity contribution in [1.82, 2.24) is 14.9 Å². The van der Waals surface area contributed by atoms with E-state index < -0.39 is 5.82 Å². The summed E-state index contributed by atoms with van der Waals surface area (Å²) in [6.07, 6.45) is 1.99. The second-order valence-electron chi connectivity index (χ2n) is 7.24. The van der Waals surface area contributed by atoms with Gasteiger partial charge in [-0.15, -0.1) is 0 Å². The Balaban J connectivity index is 1.76. The molecule has 0 atom stereocenters. The summed E-state index contributed by atoms with van der Waals surface area (Å²) in [7, 11) is 2.95. The SMILES string of the molecule is COc1ccc(-c2c(F)ccc3c(N)c4c(nc23)CN(C2CC2)C4=O)c(OC)n1. The molecule has 7 nitrogen and oxygen atoms in total.